The van der Waals surface area contributed by atoms with Gasteiger partial charge in [0.25, 0.3) is 0 Å². The lowest BCUT2D eigenvalue weighted by atomic mass is 10.3. The molecule has 0 saturated carbocycles. The van der Waals surface area contributed by atoms with Gasteiger partial charge in [0.1, 0.15) is 0 Å². The Hall–Kier alpha value is 0.400. The van der Waals surface area contributed by atoms with Crippen LogP contribution in [-0.4, -0.2) is 42.1 Å². The van der Waals surface area contributed by atoms with Gasteiger partial charge in [-0.3, -0.25) is 4.90 Å². The molecular formula is C10H22BrNO. The lowest BCUT2D eigenvalue weighted by Crippen LogP contribution is -2.35. The summed E-state index contributed by atoms with van der Waals surface area (Å²) < 4.78 is 5.51. The fourth-order valence-electron chi connectivity index (χ4n) is 1.14. The van der Waals surface area contributed by atoms with E-state index in [2.05, 4.69) is 48.5 Å². The van der Waals surface area contributed by atoms with Gasteiger partial charge in [0.2, 0.25) is 0 Å². The maximum absolute atomic E-state index is 5.51. The smallest absolute Gasteiger partial charge is 0.0597 e. The highest BCUT2D eigenvalue weighted by molar-refractivity contribution is 9.09. The first-order valence-electron chi connectivity index (χ1n) is 4.99. The highest BCUT2D eigenvalue weighted by atomic mass is 79.9. The molecule has 0 fully saturated rings. The Morgan fingerprint density at radius 2 is 1.77 bits per heavy atom. The van der Waals surface area contributed by atoms with Crippen molar-refractivity contribution in [1.82, 2.24) is 4.90 Å². The van der Waals surface area contributed by atoms with Crippen molar-refractivity contribution in [2.24, 2.45) is 0 Å². The van der Waals surface area contributed by atoms with Crippen molar-refractivity contribution in [1.29, 1.82) is 0 Å². The summed E-state index contributed by atoms with van der Waals surface area (Å²) in [4.78, 5) is 2.41. The molecule has 0 aliphatic carbocycles. The minimum Gasteiger partial charge on any atom is -0.377 e. The molecule has 0 aromatic carbocycles. The Bertz CT molecular complexity index is 117. The molecule has 0 radical (unpaired) electrons. The van der Waals surface area contributed by atoms with Crippen molar-refractivity contribution in [3.8, 4) is 0 Å². The van der Waals surface area contributed by atoms with Crippen LogP contribution in [0.4, 0.5) is 0 Å². The molecule has 80 valence electrons. The van der Waals surface area contributed by atoms with Crippen molar-refractivity contribution in [2.75, 3.05) is 25.0 Å². The van der Waals surface area contributed by atoms with Crippen molar-refractivity contribution < 1.29 is 4.74 Å². The summed E-state index contributed by atoms with van der Waals surface area (Å²) >= 11 is 3.46. The molecule has 0 N–H and O–H groups in total. The van der Waals surface area contributed by atoms with Crippen LogP contribution in [-0.2, 0) is 4.74 Å². The summed E-state index contributed by atoms with van der Waals surface area (Å²) in [6, 6.07) is 0.605. The molecule has 0 saturated heterocycles. The molecular weight excluding hydrogens is 230 g/mol. The van der Waals surface area contributed by atoms with Gasteiger partial charge in [0, 0.05) is 24.5 Å². The van der Waals surface area contributed by atoms with E-state index in [1.165, 1.54) is 0 Å². The number of hydrogen-bond acceptors (Lipinski definition) is 2. The van der Waals surface area contributed by atoms with E-state index in [4.69, 9.17) is 4.74 Å². The first kappa shape index (κ1) is 13.4. The van der Waals surface area contributed by atoms with Gasteiger partial charge >= 0.3 is 0 Å². The normalized spacial score (nSPS) is 12.0. The predicted molar refractivity (Wildman–Crippen MR) is 61.6 cm³/mol. The standard InChI is InChI=1S/C10H22BrNO/c1-9(2)12(6-5-11)7-8-13-10(3)4/h9-10H,5-8H2,1-4H3. The molecule has 0 aromatic heterocycles. The minimum absolute atomic E-state index is 0.345. The summed E-state index contributed by atoms with van der Waals surface area (Å²) in [5, 5.41) is 1.03. The van der Waals surface area contributed by atoms with Gasteiger partial charge in [0.15, 0.2) is 0 Å². The Labute approximate surface area is 90.8 Å². The van der Waals surface area contributed by atoms with Crippen LogP contribution >= 0.6 is 15.9 Å². The van der Waals surface area contributed by atoms with Crippen molar-refractivity contribution in [3.05, 3.63) is 0 Å². The molecule has 13 heavy (non-hydrogen) atoms. The molecule has 0 bridgehead atoms. The second kappa shape index (κ2) is 7.77. The first-order chi connectivity index (χ1) is 6.07. The average molecular weight is 252 g/mol. The topological polar surface area (TPSA) is 12.5 Å². The number of halogens is 1. The van der Waals surface area contributed by atoms with Crippen LogP contribution in [0.25, 0.3) is 0 Å². The molecule has 0 amide bonds. The van der Waals surface area contributed by atoms with Gasteiger partial charge in [-0.2, -0.15) is 0 Å². The first-order valence-corrected chi connectivity index (χ1v) is 6.11. The van der Waals surface area contributed by atoms with E-state index in [-0.39, 0.29) is 0 Å². The molecule has 0 aliphatic rings. The lowest BCUT2D eigenvalue weighted by molar-refractivity contribution is 0.0541. The second-order valence-electron chi connectivity index (χ2n) is 3.74. The zero-order valence-corrected chi connectivity index (χ0v) is 10.8. The van der Waals surface area contributed by atoms with E-state index < -0.39 is 0 Å². The molecule has 0 unspecified atom stereocenters. The molecule has 0 spiro atoms. The molecule has 0 aliphatic heterocycles. The van der Waals surface area contributed by atoms with E-state index in [0.29, 0.717) is 12.1 Å². The van der Waals surface area contributed by atoms with Crippen LogP contribution in [0, 0.1) is 0 Å². The zero-order valence-electron chi connectivity index (χ0n) is 9.22. The zero-order chi connectivity index (χ0) is 10.3. The number of nitrogens with zero attached hydrogens (tertiary/aromatic N) is 1. The summed E-state index contributed by atoms with van der Waals surface area (Å²) in [6.45, 7) is 11.5. The minimum atomic E-state index is 0.345. The van der Waals surface area contributed by atoms with Gasteiger partial charge in [0.05, 0.1) is 12.7 Å². The summed E-state index contributed by atoms with van der Waals surface area (Å²) in [5.41, 5.74) is 0. The third-order valence-electron chi connectivity index (χ3n) is 1.93. The number of rotatable bonds is 7. The van der Waals surface area contributed by atoms with E-state index in [1.807, 2.05) is 0 Å². The Morgan fingerprint density at radius 1 is 1.15 bits per heavy atom. The molecule has 0 aromatic rings. The summed E-state index contributed by atoms with van der Waals surface area (Å²) in [6.07, 6.45) is 0.345. The molecule has 0 heterocycles. The third kappa shape index (κ3) is 7.47. The Morgan fingerprint density at radius 3 is 2.15 bits per heavy atom. The van der Waals surface area contributed by atoms with Crippen LogP contribution < -0.4 is 0 Å². The van der Waals surface area contributed by atoms with Crippen molar-refractivity contribution >= 4 is 15.9 Å². The predicted octanol–water partition coefficient (Wildman–Crippen LogP) is 2.52. The Kier molecular flexibility index (Phi) is 8.01. The van der Waals surface area contributed by atoms with Crippen LogP contribution in [0.1, 0.15) is 27.7 Å². The van der Waals surface area contributed by atoms with E-state index in [0.717, 1.165) is 25.0 Å². The van der Waals surface area contributed by atoms with Crippen molar-refractivity contribution in [3.63, 3.8) is 0 Å². The van der Waals surface area contributed by atoms with Crippen LogP contribution in [0.5, 0.6) is 0 Å². The lowest BCUT2D eigenvalue weighted by Gasteiger charge is -2.25. The number of hydrogen-bond donors (Lipinski definition) is 0. The molecule has 3 heteroatoms. The number of alkyl halides is 1. The average Bonchev–Trinajstić information content (AvgIpc) is 2.02. The third-order valence-corrected chi connectivity index (χ3v) is 2.29. The van der Waals surface area contributed by atoms with Gasteiger partial charge in [-0.1, -0.05) is 15.9 Å². The van der Waals surface area contributed by atoms with Gasteiger partial charge < -0.3 is 4.74 Å². The largest absolute Gasteiger partial charge is 0.377 e. The van der Waals surface area contributed by atoms with Gasteiger partial charge in [-0.15, -0.1) is 0 Å². The van der Waals surface area contributed by atoms with Gasteiger partial charge in [-0.05, 0) is 27.7 Å². The van der Waals surface area contributed by atoms with Crippen LogP contribution in [0.2, 0.25) is 0 Å². The summed E-state index contributed by atoms with van der Waals surface area (Å²) in [7, 11) is 0. The highest BCUT2D eigenvalue weighted by Gasteiger charge is 2.07. The molecule has 2 nitrogen and oxygen atoms in total. The Balaban J connectivity index is 3.57. The quantitative estimate of drug-likeness (QED) is 0.645. The fraction of sp³-hybridized carbons (Fsp3) is 1.00. The van der Waals surface area contributed by atoms with Crippen LogP contribution in [0.3, 0.4) is 0 Å². The van der Waals surface area contributed by atoms with Gasteiger partial charge in [-0.25, -0.2) is 0 Å². The monoisotopic (exact) mass is 251 g/mol. The van der Waals surface area contributed by atoms with Crippen molar-refractivity contribution in [2.45, 2.75) is 39.8 Å². The van der Waals surface area contributed by atoms with E-state index >= 15 is 0 Å². The number of ether oxygens (including phenoxy) is 1. The fourth-order valence-corrected chi connectivity index (χ4v) is 1.60. The summed E-state index contributed by atoms with van der Waals surface area (Å²) in [5.74, 6) is 0. The maximum atomic E-state index is 5.51. The molecule has 0 rings (SSSR count). The van der Waals surface area contributed by atoms with Crippen LogP contribution in [0.15, 0.2) is 0 Å². The maximum Gasteiger partial charge on any atom is 0.0597 e. The second-order valence-corrected chi connectivity index (χ2v) is 4.53. The van der Waals surface area contributed by atoms with E-state index in [9.17, 15) is 0 Å². The highest BCUT2D eigenvalue weighted by Crippen LogP contribution is 1.99. The SMILES string of the molecule is CC(C)OCCN(CCBr)C(C)C. The molecule has 0 atom stereocenters. The van der Waals surface area contributed by atoms with E-state index in [1.54, 1.807) is 0 Å².